The third-order valence-corrected chi connectivity index (χ3v) is 5.51. The number of hydrogen-bond acceptors (Lipinski definition) is 5. The van der Waals surface area contributed by atoms with Crippen molar-refractivity contribution in [3.63, 3.8) is 0 Å². The van der Waals surface area contributed by atoms with Crippen molar-refractivity contribution in [2.75, 3.05) is 11.4 Å². The van der Waals surface area contributed by atoms with Crippen LogP contribution in [0.4, 0.5) is 5.69 Å². The lowest BCUT2D eigenvalue weighted by molar-refractivity contribution is -0.118. The third-order valence-electron chi connectivity index (χ3n) is 5.51. The molecule has 0 radical (unpaired) electrons. The first-order valence-electron chi connectivity index (χ1n) is 9.02. The number of hydrogen-bond donors (Lipinski definition) is 1. The highest BCUT2D eigenvalue weighted by atomic mass is 16.5. The smallest absolute Gasteiger partial charge is 0.239 e. The Morgan fingerprint density at radius 2 is 2.00 bits per heavy atom. The average molecular weight is 340 g/mol. The van der Waals surface area contributed by atoms with Crippen molar-refractivity contribution in [3.8, 4) is 0 Å². The summed E-state index contributed by atoms with van der Waals surface area (Å²) in [7, 11) is 0. The van der Waals surface area contributed by atoms with Crippen LogP contribution in [0.25, 0.3) is 0 Å². The first-order chi connectivity index (χ1) is 12.0. The third kappa shape index (κ3) is 2.74. The van der Waals surface area contributed by atoms with Gasteiger partial charge in [0, 0.05) is 12.2 Å². The topological polar surface area (TPSA) is 85.2 Å². The number of carbonyl (C=O) groups is 1. The highest BCUT2D eigenvalue weighted by Gasteiger charge is 2.42. The number of anilines is 1. The molecule has 1 aromatic heterocycles. The van der Waals surface area contributed by atoms with Crippen molar-refractivity contribution in [2.24, 2.45) is 5.73 Å². The number of nitrogens with two attached hydrogens (primary N) is 1. The Balaban J connectivity index is 1.51. The Labute approximate surface area is 147 Å². The molecule has 1 aliphatic carbocycles. The van der Waals surface area contributed by atoms with Gasteiger partial charge in [0.1, 0.15) is 5.92 Å². The van der Waals surface area contributed by atoms with Crippen molar-refractivity contribution in [1.29, 1.82) is 0 Å². The molecule has 1 atom stereocenters. The van der Waals surface area contributed by atoms with E-state index in [0.29, 0.717) is 30.6 Å². The summed E-state index contributed by atoms with van der Waals surface area (Å²) >= 11 is 0. The van der Waals surface area contributed by atoms with E-state index in [2.05, 4.69) is 36.1 Å². The molecule has 132 valence electrons. The molecule has 0 spiro atoms. The van der Waals surface area contributed by atoms with Gasteiger partial charge in [-0.15, -0.1) is 0 Å². The SMILES string of the molecule is CC(C)c1ccc(N2CCC(c3nc(C4(N)CCC4)no3)C2=O)cc1. The molecule has 6 heteroatoms. The Bertz CT molecular complexity index is 777. The molecule has 1 aromatic carbocycles. The van der Waals surface area contributed by atoms with E-state index < -0.39 is 5.54 Å². The standard InChI is InChI=1S/C19H24N4O2/c1-12(2)13-4-6-14(7-5-13)23-11-8-15(17(23)24)16-21-18(22-25-16)19(20)9-3-10-19/h4-7,12,15H,3,8-11,20H2,1-2H3. The van der Waals surface area contributed by atoms with Gasteiger partial charge in [0.2, 0.25) is 11.8 Å². The Hall–Kier alpha value is -2.21. The minimum atomic E-state index is -0.463. The summed E-state index contributed by atoms with van der Waals surface area (Å²) in [5.74, 6) is 1.07. The molecular formula is C19H24N4O2. The van der Waals surface area contributed by atoms with Crippen molar-refractivity contribution in [2.45, 2.75) is 56.9 Å². The van der Waals surface area contributed by atoms with Gasteiger partial charge >= 0.3 is 0 Å². The van der Waals surface area contributed by atoms with Gasteiger partial charge in [-0.1, -0.05) is 31.1 Å². The van der Waals surface area contributed by atoms with Gasteiger partial charge in [-0.25, -0.2) is 0 Å². The summed E-state index contributed by atoms with van der Waals surface area (Å²) in [6.07, 6.45) is 3.52. The summed E-state index contributed by atoms with van der Waals surface area (Å²) in [6, 6.07) is 8.19. The highest BCUT2D eigenvalue weighted by molar-refractivity contribution is 5.99. The fourth-order valence-corrected chi connectivity index (χ4v) is 3.56. The molecule has 2 N–H and O–H groups in total. The van der Waals surface area contributed by atoms with Crippen molar-refractivity contribution in [1.82, 2.24) is 10.1 Å². The maximum atomic E-state index is 12.8. The predicted molar refractivity (Wildman–Crippen MR) is 94.3 cm³/mol. The van der Waals surface area contributed by atoms with Gasteiger partial charge in [0.05, 0.1) is 5.54 Å². The van der Waals surface area contributed by atoms with Crippen LogP contribution in [0.15, 0.2) is 28.8 Å². The summed E-state index contributed by atoms with van der Waals surface area (Å²) in [5.41, 5.74) is 7.97. The van der Waals surface area contributed by atoms with Crippen LogP contribution >= 0.6 is 0 Å². The minimum Gasteiger partial charge on any atom is -0.338 e. The van der Waals surface area contributed by atoms with E-state index in [1.165, 1.54) is 5.56 Å². The minimum absolute atomic E-state index is 0.0205. The molecule has 2 heterocycles. The second kappa shape index (κ2) is 5.95. The lowest BCUT2D eigenvalue weighted by Gasteiger charge is -2.34. The van der Waals surface area contributed by atoms with Crippen LogP contribution in [-0.4, -0.2) is 22.6 Å². The van der Waals surface area contributed by atoms with Crippen LogP contribution in [0.1, 0.15) is 68.6 Å². The molecule has 6 nitrogen and oxygen atoms in total. The number of benzene rings is 1. The molecule has 25 heavy (non-hydrogen) atoms. The number of carbonyl (C=O) groups excluding carboxylic acids is 1. The summed E-state index contributed by atoms with van der Waals surface area (Å²) < 4.78 is 5.39. The fourth-order valence-electron chi connectivity index (χ4n) is 3.56. The molecule has 2 aromatic rings. The van der Waals surface area contributed by atoms with Gasteiger partial charge in [0.25, 0.3) is 0 Å². The number of amides is 1. The van der Waals surface area contributed by atoms with Crippen LogP contribution in [0, 0.1) is 0 Å². The number of nitrogens with zero attached hydrogens (tertiary/aromatic N) is 3. The monoisotopic (exact) mass is 340 g/mol. The predicted octanol–water partition coefficient (Wildman–Crippen LogP) is 3.05. The summed E-state index contributed by atoms with van der Waals surface area (Å²) in [4.78, 5) is 19.1. The molecule has 2 fully saturated rings. The highest BCUT2D eigenvalue weighted by Crippen LogP contribution is 2.38. The van der Waals surface area contributed by atoms with Crippen LogP contribution < -0.4 is 10.6 Å². The first kappa shape index (κ1) is 16.3. The van der Waals surface area contributed by atoms with Crippen LogP contribution in [0.5, 0.6) is 0 Å². The van der Waals surface area contributed by atoms with E-state index >= 15 is 0 Å². The molecule has 4 rings (SSSR count). The van der Waals surface area contributed by atoms with Crippen molar-refractivity contribution < 1.29 is 9.32 Å². The van der Waals surface area contributed by atoms with Crippen LogP contribution in [0.3, 0.4) is 0 Å². The quantitative estimate of drug-likeness (QED) is 0.924. The molecule has 1 amide bonds. The zero-order chi connectivity index (χ0) is 17.6. The van der Waals surface area contributed by atoms with Gasteiger partial charge in [-0.2, -0.15) is 4.98 Å². The van der Waals surface area contributed by atoms with E-state index in [9.17, 15) is 4.79 Å². The molecule has 1 unspecified atom stereocenters. The number of rotatable bonds is 4. The van der Waals surface area contributed by atoms with Crippen LogP contribution in [0.2, 0.25) is 0 Å². The molecule has 1 aliphatic heterocycles. The van der Waals surface area contributed by atoms with E-state index in [-0.39, 0.29) is 11.8 Å². The van der Waals surface area contributed by atoms with Crippen molar-refractivity contribution in [3.05, 3.63) is 41.5 Å². The van der Waals surface area contributed by atoms with E-state index in [0.717, 1.165) is 24.9 Å². The normalized spacial score (nSPS) is 22.5. The van der Waals surface area contributed by atoms with Crippen LogP contribution in [-0.2, 0) is 10.3 Å². The van der Waals surface area contributed by atoms with Gasteiger partial charge in [-0.3, -0.25) is 4.79 Å². The van der Waals surface area contributed by atoms with E-state index in [1.54, 1.807) is 4.90 Å². The zero-order valence-electron chi connectivity index (χ0n) is 14.7. The second-order valence-corrected chi connectivity index (χ2v) is 7.54. The first-order valence-corrected chi connectivity index (χ1v) is 9.02. The molecule has 0 bridgehead atoms. The van der Waals surface area contributed by atoms with Gasteiger partial charge in [0.15, 0.2) is 5.82 Å². The lowest BCUT2D eigenvalue weighted by atomic mass is 9.77. The Morgan fingerprint density at radius 3 is 2.60 bits per heavy atom. The molecule has 1 saturated heterocycles. The van der Waals surface area contributed by atoms with Crippen molar-refractivity contribution >= 4 is 11.6 Å². The van der Waals surface area contributed by atoms with E-state index in [1.807, 2.05) is 12.1 Å². The Kier molecular flexibility index (Phi) is 3.87. The molecular weight excluding hydrogens is 316 g/mol. The summed E-state index contributed by atoms with van der Waals surface area (Å²) in [6.45, 7) is 4.98. The lowest BCUT2D eigenvalue weighted by Crippen LogP contribution is -2.44. The fraction of sp³-hybridized carbons (Fsp3) is 0.526. The second-order valence-electron chi connectivity index (χ2n) is 7.54. The largest absolute Gasteiger partial charge is 0.338 e. The molecule has 2 aliphatic rings. The number of aromatic nitrogens is 2. The maximum Gasteiger partial charge on any atom is 0.239 e. The maximum absolute atomic E-state index is 12.8. The van der Waals surface area contributed by atoms with Gasteiger partial charge < -0.3 is 15.2 Å². The molecule has 1 saturated carbocycles. The van der Waals surface area contributed by atoms with E-state index in [4.69, 9.17) is 10.3 Å². The average Bonchev–Trinajstić information content (AvgIpc) is 3.19. The Morgan fingerprint density at radius 1 is 1.28 bits per heavy atom. The summed E-state index contributed by atoms with van der Waals surface area (Å²) in [5, 5.41) is 4.04. The zero-order valence-corrected chi connectivity index (χ0v) is 14.7. The van der Waals surface area contributed by atoms with Gasteiger partial charge in [-0.05, 0) is 49.3 Å².